The maximum Gasteiger partial charge on any atom is 1.00 e. The quantitative estimate of drug-likeness (QED) is 0.454. The average Bonchev–Trinajstić information content (AvgIpc) is 3.27. The Bertz CT molecular complexity index is 695. The number of rotatable bonds is 6. The number of carbonyl (C=O) groups is 3. The molecule has 0 aliphatic heterocycles. The van der Waals surface area contributed by atoms with Crippen molar-refractivity contribution in [1.29, 1.82) is 0 Å². The summed E-state index contributed by atoms with van der Waals surface area (Å²) in [6.07, 6.45) is -0.0948. The molecule has 0 heterocycles. The van der Waals surface area contributed by atoms with Gasteiger partial charge in [0, 0.05) is 6.42 Å². The summed E-state index contributed by atoms with van der Waals surface area (Å²) in [6, 6.07) is 5.10. The molecule has 0 unspecified atom stereocenters. The summed E-state index contributed by atoms with van der Waals surface area (Å²) in [7, 11) is 0. The first-order chi connectivity index (χ1) is 12.0. The molecule has 0 saturated heterocycles. The molecule has 142 valence electrons. The Balaban J connectivity index is 0.00000364. The molecule has 0 spiro atoms. The minimum Gasteiger partial charge on any atom is -0.548 e. The van der Waals surface area contributed by atoms with Gasteiger partial charge in [-0.3, -0.25) is 4.79 Å². The topological polar surface area (TPSA) is 128 Å². The van der Waals surface area contributed by atoms with Crippen LogP contribution in [-0.4, -0.2) is 40.3 Å². The third kappa shape index (κ3) is 7.04. The number of carbonyl (C=O) groups excluding carboxylic acids is 3. The van der Waals surface area contributed by atoms with Gasteiger partial charge in [0.1, 0.15) is 17.4 Å². The SMILES string of the molecule is CC(C)(C)OC(=O)N[C@@H](Cc1ccc(O)cc1)C(=O)NC1(C(=O)[O-])CC1.[Na+]. The van der Waals surface area contributed by atoms with Crippen LogP contribution in [0.4, 0.5) is 4.79 Å². The summed E-state index contributed by atoms with van der Waals surface area (Å²) in [6.45, 7) is 5.07. The van der Waals surface area contributed by atoms with Gasteiger partial charge in [0.05, 0.1) is 11.5 Å². The zero-order valence-electron chi connectivity index (χ0n) is 16.0. The van der Waals surface area contributed by atoms with E-state index in [2.05, 4.69) is 10.6 Å². The number of hydrogen-bond donors (Lipinski definition) is 3. The number of nitrogens with one attached hydrogen (secondary N) is 2. The van der Waals surface area contributed by atoms with Gasteiger partial charge >= 0.3 is 35.7 Å². The summed E-state index contributed by atoms with van der Waals surface area (Å²) in [5, 5.41) is 25.5. The molecule has 1 saturated carbocycles. The second-order valence-electron chi connectivity index (χ2n) is 7.43. The summed E-state index contributed by atoms with van der Waals surface area (Å²) in [5.74, 6) is -1.90. The first kappa shape index (κ1) is 23.3. The minimum atomic E-state index is -1.36. The first-order valence-electron chi connectivity index (χ1n) is 8.32. The number of aliphatic carboxylic acids is 1. The molecule has 1 aromatic rings. The standard InChI is InChI=1S/C18H24N2O6.Na/c1-17(2,3)26-16(25)19-13(10-11-4-6-12(21)7-5-11)14(22)20-18(8-9-18)15(23)24;/h4-7,13,21H,8-10H2,1-3H3,(H,19,25)(H,20,22)(H,23,24);/q;+1/p-1/t13-;/m0./s1. The number of benzene rings is 1. The predicted octanol–water partition coefficient (Wildman–Crippen LogP) is -2.77. The van der Waals surface area contributed by atoms with Gasteiger partial charge in [0.25, 0.3) is 0 Å². The van der Waals surface area contributed by atoms with Crippen LogP contribution in [0.1, 0.15) is 39.2 Å². The fourth-order valence-corrected chi connectivity index (χ4v) is 2.35. The Morgan fingerprint density at radius 3 is 2.22 bits per heavy atom. The number of carboxylic acids is 1. The molecule has 1 fully saturated rings. The van der Waals surface area contributed by atoms with Crippen LogP contribution in [0.3, 0.4) is 0 Å². The van der Waals surface area contributed by atoms with Crippen molar-refractivity contribution in [3.63, 3.8) is 0 Å². The van der Waals surface area contributed by atoms with Crippen molar-refractivity contribution in [2.45, 2.75) is 57.2 Å². The first-order valence-corrected chi connectivity index (χ1v) is 8.32. The van der Waals surface area contributed by atoms with Gasteiger partial charge in [-0.05, 0) is 51.3 Å². The van der Waals surface area contributed by atoms with E-state index < -0.39 is 35.2 Å². The molecule has 1 aliphatic rings. The monoisotopic (exact) mass is 386 g/mol. The van der Waals surface area contributed by atoms with E-state index in [1.54, 1.807) is 32.9 Å². The molecule has 0 bridgehead atoms. The fraction of sp³-hybridized carbons (Fsp3) is 0.500. The van der Waals surface area contributed by atoms with Crippen molar-refractivity contribution < 1.29 is 58.9 Å². The van der Waals surface area contributed by atoms with Gasteiger partial charge in [-0.2, -0.15) is 0 Å². The second kappa shape index (κ2) is 8.95. The van der Waals surface area contributed by atoms with Gasteiger partial charge in [-0.1, -0.05) is 12.1 Å². The van der Waals surface area contributed by atoms with Crippen LogP contribution in [0.5, 0.6) is 5.75 Å². The Morgan fingerprint density at radius 2 is 1.78 bits per heavy atom. The van der Waals surface area contributed by atoms with Gasteiger partial charge < -0.3 is 30.4 Å². The largest absolute Gasteiger partial charge is 1.00 e. The molecule has 1 aromatic carbocycles. The summed E-state index contributed by atoms with van der Waals surface area (Å²) in [5.41, 5.74) is -1.43. The fourth-order valence-electron chi connectivity index (χ4n) is 2.35. The van der Waals surface area contributed by atoms with E-state index in [0.29, 0.717) is 18.4 Å². The van der Waals surface area contributed by atoms with Crippen molar-refractivity contribution >= 4 is 18.0 Å². The van der Waals surface area contributed by atoms with Crippen molar-refractivity contribution in [2.75, 3.05) is 0 Å². The van der Waals surface area contributed by atoms with Crippen molar-refractivity contribution in [3.8, 4) is 5.75 Å². The number of phenols is 1. The minimum absolute atomic E-state index is 0. The van der Waals surface area contributed by atoms with E-state index in [9.17, 15) is 24.6 Å². The van der Waals surface area contributed by atoms with E-state index >= 15 is 0 Å². The van der Waals surface area contributed by atoms with Crippen molar-refractivity contribution in [1.82, 2.24) is 10.6 Å². The third-order valence-corrected chi connectivity index (χ3v) is 3.89. The summed E-state index contributed by atoms with van der Waals surface area (Å²) in [4.78, 5) is 35.8. The van der Waals surface area contributed by atoms with Gasteiger partial charge in [0.15, 0.2) is 0 Å². The van der Waals surface area contributed by atoms with Crippen molar-refractivity contribution in [3.05, 3.63) is 29.8 Å². The third-order valence-electron chi connectivity index (χ3n) is 3.89. The van der Waals surface area contributed by atoms with Crippen LogP contribution in [0.15, 0.2) is 24.3 Å². The maximum atomic E-state index is 12.6. The Morgan fingerprint density at radius 1 is 1.22 bits per heavy atom. The predicted molar refractivity (Wildman–Crippen MR) is 90.1 cm³/mol. The van der Waals surface area contributed by atoms with Crippen LogP contribution < -0.4 is 45.3 Å². The number of carboxylic acid groups (broad SMARTS) is 1. The zero-order chi connectivity index (χ0) is 19.5. The second-order valence-corrected chi connectivity index (χ2v) is 7.43. The molecule has 0 radical (unpaired) electrons. The normalized spacial score (nSPS) is 15.7. The van der Waals surface area contributed by atoms with E-state index in [4.69, 9.17) is 4.74 Å². The number of hydrogen-bond acceptors (Lipinski definition) is 6. The van der Waals surface area contributed by atoms with E-state index in [-0.39, 0.29) is 41.7 Å². The molecular formula is C18H23N2NaO6. The molecule has 0 aromatic heterocycles. The molecule has 2 amide bonds. The van der Waals surface area contributed by atoms with Crippen LogP contribution in [-0.2, 0) is 20.7 Å². The Kier molecular flexibility index (Phi) is 7.71. The van der Waals surface area contributed by atoms with Gasteiger partial charge in [-0.15, -0.1) is 0 Å². The molecular weight excluding hydrogens is 363 g/mol. The molecule has 8 nitrogen and oxygen atoms in total. The van der Waals surface area contributed by atoms with E-state index in [1.807, 2.05) is 0 Å². The average molecular weight is 386 g/mol. The smallest absolute Gasteiger partial charge is 0.548 e. The van der Waals surface area contributed by atoms with Gasteiger partial charge in [-0.25, -0.2) is 4.79 Å². The molecule has 2 rings (SSSR count). The molecule has 9 heteroatoms. The van der Waals surface area contributed by atoms with Gasteiger partial charge in [0.2, 0.25) is 5.91 Å². The summed E-state index contributed by atoms with van der Waals surface area (Å²) < 4.78 is 5.17. The number of aromatic hydroxyl groups is 1. The van der Waals surface area contributed by atoms with E-state index in [0.717, 1.165) is 0 Å². The van der Waals surface area contributed by atoms with Crippen LogP contribution in [0.25, 0.3) is 0 Å². The van der Waals surface area contributed by atoms with Crippen LogP contribution >= 0.6 is 0 Å². The van der Waals surface area contributed by atoms with Crippen molar-refractivity contribution in [2.24, 2.45) is 0 Å². The summed E-state index contributed by atoms with van der Waals surface area (Å²) >= 11 is 0. The Labute approximate surface area is 180 Å². The molecule has 1 aliphatic carbocycles. The number of ether oxygens (including phenoxy) is 1. The van der Waals surface area contributed by atoms with Crippen LogP contribution in [0, 0.1) is 0 Å². The zero-order valence-corrected chi connectivity index (χ0v) is 18.0. The number of amides is 2. The Hall–Kier alpha value is -1.77. The molecule has 1 atom stereocenters. The van der Waals surface area contributed by atoms with E-state index in [1.165, 1.54) is 12.1 Å². The maximum absolute atomic E-state index is 12.6. The molecule has 27 heavy (non-hydrogen) atoms. The number of alkyl carbamates (subject to hydrolysis) is 1. The van der Waals surface area contributed by atoms with Crippen LogP contribution in [0.2, 0.25) is 0 Å². The molecule has 3 N–H and O–H groups in total. The number of phenolic OH excluding ortho intramolecular Hbond substituents is 1.